The highest BCUT2D eigenvalue weighted by Crippen LogP contribution is 2.32. The van der Waals surface area contributed by atoms with Gasteiger partial charge in [0.25, 0.3) is 0 Å². The summed E-state index contributed by atoms with van der Waals surface area (Å²) in [6.45, 7) is 5.76. The van der Waals surface area contributed by atoms with Gasteiger partial charge in [-0.2, -0.15) is 0 Å². The number of carbonyl (C=O) groups is 1. The van der Waals surface area contributed by atoms with Crippen LogP contribution in [0.1, 0.15) is 36.4 Å². The largest absolute Gasteiger partial charge is 0.450 e. The van der Waals surface area contributed by atoms with Crippen LogP contribution in [0.25, 0.3) is 0 Å². The molecule has 1 aliphatic carbocycles. The van der Waals surface area contributed by atoms with Crippen LogP contribution in [0.2, 0.25) is 0 Å². The second-order valence-electron chi connectivity index (χ2n) is 5.84. The van der Waals surface area contributed by atoms with Gasteiger partial charge in [0.05, 0.1) is 19.2 Å². The Morgan fingerprint density at radius 1 is 1.32 bits per heavy atom. The van der Waals surface area contributed by atoms with Crippen molar-refractivity contribution >= 4 is 47.4 Å². The number of rotatable bonds is 8. The number of guanidine groups is 1. The predicted octanol–water partition coefficient (Wildman–Crippen LogP) is 3.12. The van der Waals surface area contributed by atoms with Crippen LogP contribution < -0.4 is 16.0 Å². The molecular formula is C17H29IN4O2S. The number of hydrogen-bond acceptors (Lipinski definition) is 4. The smallest absolute Gasteiger partial charge is 0.407 e. The van der Waals surface area contributed by atoms with Gasteiger partial charge in [-0.15, -0.1) is 35.3 Å². The Kier molecular flexibility index (Phi) is 10.2. The molecule has 2 rings (SSSR count). The molecule has 8 heteroatoms. The van der Waals surface area contributed by atoms with Crippen LogP contribution in [-0.2, 0) is 17.7 Å². The van der Waals surface area contributed by atoms with Gasteiger partial charge >= 0.3 is 6.09 Å². The van der Waals surface area contributed by atoms with Crippen molar-refractivity contribution in [2.45, 2.75) is 45.7 Å². The van der Waals surface area contributed by atoms with E-state index in [1.807, 2.05) is 18.3 Å². The van der Waals surface area contributed by atoms with Gasteiger partial charge in [-0.3, -0.25) is 4.99 Å². The van der Waals surface area contributed by atoms with Crippen molar-refractivity contribution in [3.63, 3.8) is 0 Å². The van der Waals surface area contributed by atoms with Gasteiger partial charge in [0, 0.05) is 23.3 Å². The van der Waals surface area contributed by atoms with Gasteiger partial charge in [0.15, 0.2) is 5.96 Å². The third-order valence-electron chi connectivity index (χ3n) is 3.98. The summed E-state index contributed by atoms with van der Waals surface area (Å²) < 4.78 is 4.98. The van der Waals surface area contributed by atoms with Gasteiger partial charge in [0.2, 0.25) is 0 Å². The van der Waals surface area contributed by atoms with Crippen LogP contribution in [0.4, 0.5) is 4.79 Å². The number of alkyl carbamates (subject to hydrolysis) is 1. The molecule has 1 fully saturated rings. The summed E-state index contributed by atoms with van der Waals surface area (Å²) in [6, 6.07) is 4.40. The average Bonchev–Trinajstić information content (AvgIpc) is 3.32. The van der Waals surface area contributed by atoms with Crippen LogP contribution in [0.15, 0.2) is 17.1 Å². The topological polar surface area (TPSA) is 74.8 Å². The van der Waals surface area contributed by atoms with E-state index in [1.165, 1.54) is 9.75 Å². The minimum atomic E-state index is -0.343. The molecule has 0 saturated heterocycles. The Morgan fingerprint density at radius 2 is 2.04 bits per heavy atom. The van der Waals surface area contributed by atoms with Gasteiger partial charge in [0.1, 0.15) is 0 Å². The third-order valence-corrected chi connectivity index (χ3v) is 5.21. The Morgan fingerprint density at radius 3 is 2.60 bits per heavy atom. The molecule has 25 heavy (non-hydrogen) atoms. The molecule has 0 aromatic carbocycles. The number of halogens is 1. The molecule has 1 atom stereocenters. The second-order valence-corrected chi connectivity index (χ2v) is 7.09. The molecule has 0 aliphatic heterocycles. The molecule has 1 amide bonds. The molecule has 142 valence electrons. The summed E-state index contributed by atoms with van der Waals surface area (Å²) in [5, 5.41) is 9.56. The lowest BCUT2D eigenvalue weighted by Gasteiger charge is -2.20. The van der Waals surface area contributed by atoms with Crippen molar-refractivity contribution in [3.8, 4) is 0 Å². The highest BCUT2D eigenvalue weighted by molar-refractivity contribution is 14.0. The number of aliphatic imine (C=N–C) groups is 1. The molecule has 1 aromatic rings. The van der Waals surface area contributed by atoms with Crippen molar-refractivity contribution in [1.29, 1.82) is 0 Å². The molecule has 0 spiro atoms. The van der Waals surface area contributed by atoms with Crippen LogP contribution >= 0.6 is 35.3 Å². The van der Waals surface area contributed by atoms with E-state index < -0.39 is 0 Å². The van der Waals surface area contributed by atoms with Crippen molar-refractivity contribution < 1.29 is 9.53 Å². The van der Waals surface area contributed by atoms with Crippen molar-refractivity contribution in [2.24, 2.45) is 10.9 Å². The zero-order chi connectivity index (χ0) is 17.4. The molecule has 0 bridgehead atoms. The number of nitrogens with one attached hydrogen (secondary N) is 3. The molecule has 1 aliphatic rings. The molecule has 1 aromatic heterocycles. The van der Waals surface area contributed by atoms with Crippen LogP contribution in [0.5, 0.6) is 0 Å². The highest BCUT2D eigenvalue weighted by atomic mass is 127. The first-order valence-corrected chi connectivity index (χ1v) is 9.43. The van der Waals surface area contributed by atoms with E-state index in [9.17, 15) is 4.79 Å². The summed E-state index contributed by atoms with van der Waals surface area (Å²) in [4.78, 5) is 18.6. The molecule has 0 radical (unpaired) electrons. The summed E-state index contributed by atoms with van der Waals surface area (Å²) in [5.41, 5.74) is 0. The van der Waals surface area contributed by atoms with Crippen molar-refractivity contribution in [2.75, 3.05) is 20.2 Å². The minimum absolute atomic E-state index is 0. The Hall–Kier alpha value is -1.03. The van der Waals surface area contributed by atoms with E-state index in [2.05, 4.69) is 40.0 Å². The van der Waals surface area contributed by atoms with Gasteiger partial charge < -0.3 is 20.7 Å². The van der Waals surface area contributed by atoms with Crippen molar-refractivity contribution in [1.82, 2.24) is 16.0 Å². The molecule has 1 heterocycles. The van der Waals surface area contributed by atoms with E-state index in [1.54, 1.807) is 7.05 Å². The Balaban J connectivity index is 0.00000312. The average molecular weight is 480 g/mol. The highest BCUT2D eigenvalue weighted by Gasteiger charge is 2.32. The Labute approximate surface area is 171 Å². The zero-order valence-electron chi connectivity index (χ0n) is 15.1. The number of nitrogens with zero attached hydrogens (tertiary/aromatic N) is 1. The molecular weight excluding hydrogens is 451 g/mol. The van der Waals surface area contributed by atoms with Crippen molar-refractivity contribution in [3.05, 3.63) is 21.9 Å². The maximum Gasteiger partial charge on any atom is 0.407 e. The van der Waals surface area contributed by atoms with Crippen LogP contribution in [-0.4, -0.2) is 38.3 Å². The van der Waals surface area contributed by atoms with Gasteiger partial charge in [-0.1, -0.05) is 6.92 Å². The quantitative estimate of drug-likeness (QED) is 0.304. The minimum Gasteiger partial charge on any atom is -0.450 e. The number of hydrogen-bond donors (Lipinski definition) is 3. The maximum atomic E-state index is 11.6. The molecule has 3 N–H and O–H groups in total. The lowest BCUT2D eigenvalue weighted by molar-refractivity contribution is 0.146. The summed E-state index contributed by atoms with van der Waals surface area (Å²) in [6.07, 6.45) is 3.03. The first-order chi connectivity index (χ1) is 11.7. The molecule has 1 unspecified atom stereocenters. The SMILES string of the molecule is CCOC(=O)NC(CNC(=NC)NCc1ccc(CC)s1)C1CC1.I. The lowest BCUT2D eigenvalue weighted by atomic mass is 10.2. The number of thiophene rings is 1. The third kappa shape index (κ3) is 7.81. The van der Waals surface area contributed by atoms with E-state index in [0.29, 0.717) is 19.1 Å². The first kappa shape index (κ1) is 22.0. The Bertz CT molecular complexity index is 561. The van der Waals surface area contributed by atoms with E-state index in [4.69, 9.17) is 4.74 Å². The van der Waals surface area contributed by atoms with Gasteiger partial charge in [-0.25, -0.2) is 4.79 Å². The normalized spacial score (nSPS) is 15.1. The fourth-order valence-electron chi connectivity index (χ4n) is 2.46. The van der Waals surface area contributed by atoms with Crippen LogP contribution in [0, 0.1) is 5.92 Å². The van der Waals surface area contributed by atoms with E-state index >= 15 is 0 Å². The number of carbonyl (C=O) groups excluding carboxylic acids is 1. The van der Waals surface area contributed by atoms with E-state index in [-0.39, 0.29) is 36.1 Å². The monoisotopic (exact) mass is 480 g/mol. The molecule has 1 saturated carbocycles. The standard InChI is InChI=1S/C17H28N4O2S.HI/c1-4-13-8-9-14(24-13)10-19-16(18-3)20-11-15(12-6-7-12)21-17(22)23-5-2;/h8-9,12,15H,4-7,10-11H2,1-3H3,(H,21,22)(H2,18,19,20);1H. The summed E-state index contributed by atoms with van der Waals surface area (Å²) in [5.74, 6) is 1.28. The first-order valence-electron chi connectivity index (χ1n) is 8.61. The fourth-order valence-corrected chi connectivity index (χ4v) is 3.36. The second kappa shape index (κ2) is 11.6. The number of aryl methyl sites for hydroxylation is 1. The number of ether oxygens (including phenoxy) is 1. The van der Waals surface area contributed by atoms with Gasteiger partial charge in [-0.05, 0) is 44.2 Å². The van der Waals surface area contributed by atoms with E-state index in [0.717, 1.165) is 31.8 Å². The maximum absolute atomic E-state index is 11.6. The van der Waals surface area contributed by atoms with Crippen LogP contribution in [0.3, 0.4) is 0 Å². The molecule has 6 nitrogen and oxygen atoms in total. The number of amides is 1. The lowest BCUT2D eigenvalue weighted by Crippen LogP contribution is -2.48. The predicted molar refractivity (Wildman–Crippen MR) is 114 cm³/mol. The zero-order valence-corrected chi connectivity index (χ0v) is 18.3. The summed E-state index contributed by atoms with van der Waals surface area (Å²) in [7, 11) is 1.76. The summed E-state index contributed by atoms with van der Waals surface area (Å²) >= 11 is 1.82. The fraction of sp³-hybridized carbons (Fsp3) is 0.647.